The fourth-order valence-electron chi connectivity index (χ4n) is 1.28. The van der Waals surface area contributed by atoms with Crippen molar-refractivity contribution in [1.29, 1.82) is 0 Å². The highest BCUT2D eigenvalue weighted by Crippen LogP contribution is 2.32. The van der Waals surface area contributed by atoms with E-state index in [9.17, 15) is 13.2 Å². The van der Waals surface area contributed by atoms with Crippen LogP contribution >= 0.6 is 11.6 Å². The Bertz CT molecular complexity index is 524. The molecule has 0 aliphatic carbocycles. The molecule has 0 amide bonds. The minimum atomic E-state index is -4.45. The van der Waals surface area contributed by atoms with Crippen LogP contribution in [-0.4, -0.2) is 15.0 Å². The number of hydrogen-bond donors (Lipinski definition) is 2. The molecule has 0 unspecified atom stereocenters. The molecule has 4 nitrogen and oxygen atoms in total. The van der Waals surface area contributed by atoms with Crippen LogP contribution in [0.15, 0.2) is 24.8 Å². The first-order valence-corrected chi connectivity index (χ1v) is 5.28. The number of hydrogen-bond acceptors (Lipinski definition) is 3. The summed E-state index contributed by atoms with van der Waals surface area (Å²) < 4.78 is 37.1. The van der Waals surface area contributed by atoms with Crippen LogP contribution in [0.1, 0.15) is 11.3 Å². The van der Waals surface area contributed by atoms with Crippen LogP contribution in [0.5, 0.6) is 0 Å². The molecule has 2 aromatic rings. The highest BCUT2D eigenvalue weighted by atomic mass is 35.5. The minimum Gasteiger partial charge on any atom is -0.363 e. The summed E-state index contributed by atoms with van der Waals surface area (Å²) in [5, 5.41) is 2.73. The Morgan fingerprint density at radius 3 is 2.67 bits per heavy atom. The van der Waals surface area contributed by atoms with Crippen molar-refractivity contribution in [3.8, 4) is 0 Å². The molecule has 0 spiro atoms. The van der Waals surface area contributed by atoms with E-state index in [-0.39, 0.29) is 10.8 Å². The van der Waals surface area contributed by atoms with E-state index in [0.717, 1.165) is 18.0 Å². The van der Waals surface area contributed by atoms with Gasteiger partial charge in [-0.3, -0.25) is 0 Å². The number of pyridine rings is 1. The zero-order valence-corrected chi connectivity index (χ0v) is 9.68. The van der Waals surface area contributed by atoms with Crippen LogP contribution < -0.4 is 5.32 Å². The largest absolute Gasteiger partial charge is 0.417 e. The molecule has 2 heterocycles. The van der Waals surface area contributed by atoms with Crippen molar-refractivity contribution in [1.82, 2.24) is 15.0 Å². The minimum absolute atomic E-state index is 0.0793. The average molecular weight is 277 g/mol. The fourth-order valence-corrected chi connectivity index (χ4v) is 1.52. The first kappa shape index (κ1) is 12.7. The van der Waals surface area contributed by atoms with Crippen LogP contribution in [0.4, 0.5) is 19.0 Å². The van der Waals surface area contributed by atoms with Crippen LogP contribution in [0.3, 0.4) is 0 Å². The van der Waals surface area contributed by atoms with Crippen molar-refractivity contribution in [3.05, 3.63) is 41.1 Å². The summed E-state index contributed by atoms with van der Waals surface area (Å²) in [6.07, 6.45) is -0.622. The van der Waals surface area contributed by atoms with Gasteiger partial charge in [0, 0.05) is 12.4 Å². The summed E-state index contributed by atoms with van der Waals surface area (Å²) in [6.45, 7) is 0.345. The fraction of sp³-hybridized carbons (Fsp3) is 0.200. The topological polar surface area (TPSA) is 53.6 Å². The molecule has 18 heavy (non-hydrogen) atoms. The molecule has 0 bridgehead atoms. The molecule has 8 heteroatoms. The summed E-state index contributed by atoms with van der Waals surface area (Å²) in [5.41, 5.74) is -0.104. The first-order chi connectivity index (χ1) is 8.47. The monoisotopic (exact) mass is 276 g/mol. The normalized spacial score (nSPS) is 11.6. The van der Waals surface area contributed by atoms with E-state index in [0.29, 0.717) is 6.54 Å². The Balaban J connectivity index is 2.10. The number of H-pyrrole nitrogens is 1. The Labute approximate surface area is 105 Å². The maximum Gasteiger partial charge on any atom is 0.417 e. The van der Waals surface area contributed by atoms with Gasteiger partial charge in [0.05, 0.1) is 29.2 Å². The zero-order valence-electron chi connectivity index (χ0n) is 8.92. The number of nitrogens with one attached hydrogen (secondary N) is 2. The van der Waals surface area contributed by atoms with Crippen molar-refractivity contribution in [3.63, 3.8) is 0 Å². The Kier molecular flexibility index (Phi) is 3.42. The van der Waals surface area contributed by atoms with Crippen molar-refractivity contribution in [2.75, 3.05) is 5.32 Å². The predicted molar refractivity (Wildman–Crippen MR) is 60.2 cm³/mol. The Morgan fingerprint density at radius 1 is 1.33 bits per heavy atom. The lowest BCUT2D eigenvalue weighted by Gasteiger charge is -2.10. The van der Waals surface area contributed by atoms with Gasteiger partial charge in [-0.05, 0) is 6.07 Å². The third kappa shape index (κ3) is 2.92. The third-order valence-corrected chi connectivity index (χ3v) is 2.46. The van der Waals surface area contributed by atoms with Gasteiger partial charge in [-0.25, -0.2) is 9.97 Å². The second kappa shape index (κ2) is 4.85. The van der Waals surface area contributed by atoms with E-state index in [4.69, 9.17) is 11.6 Å². The van der Waals surface area contributed by atoms with Crippen molar-refractivity contribution in [2.24, 2.45) is 0 Å². The number of rotatable bonds is 3. The molecular formula is C10H8ClF3N4. The van der Waals surface area contributed by atoms with Crippen LogP contribution in [0.25, 0.3) is 0 Å². The van der Waals surface area contributed by atoms with Gasteiger partial charge in [0.15, 0.2) is 0 Å². The Morgan fingerprint density at radius 2 is 2.11 bits per heavy atom. The summed E-state index contributed by atoms with van der Waals surface area (Å²) in [6, 6.07) is 0.837. The molecule has 2 rings (SSSR count). The molecule has 0 aromatic carbocycles. The molecule has 0 fully saturated rings. The van der Waals surface area contributed by atoms with Crippen molar-refractivity contribution < 1.29 is 13.2 Å². The molecular weight excluding hydrogens is 269 g/mol. The van der Waals surface area contributed by atoms with Crippen molar-refractivity contribution in [2.45, 2.75) is 12.7 Å². The number of anilines is 1. The molecule has 0 atom stereocenters. The molecule has 2 aromatic heterocycles. The highest BCUT2D eigenvalue weighted by molar-refractivity contribution is 6.32. The molecule has 0 aliphatic rings. The molecule has 96 valence electrons. The van der Waals surface area contributed by atoms with Gasteiger partial charge < -0.3 is 10.3 Å². The van der Waals surface area contributed by atoms with Gasteiger partial charge in [-0.2, -0.15) is 13.2 Å². The number of halogens is 4. The second-order valence-corrected chi connectivity index (χ2v) is 3.89. The van der Waals surface area contributed by atoms with Crippen LogP contribution in [-0.2, 0) is 12.7 Å². The lowest BCUT2D eigenvalue weighted by atomic mass is 10.3. The molecule has 0 saturated heterocycles. The first-order valence-electron chi connectivity index (χ1n) is 4.90. The standard InChI is InChI=1S/C10H8ClF3N4/c11-8-1-6(10(12,13)14)2-16-9(8)17-4-7-3-15-5-18-7/h1-3,5H,4H2,(H,15,18)(H,16,17). The lowest BCUT2D eigenvalue weighted by molar-refractivity contribution is -0.137. The van der Waals surface area contributed by atoms with E-state index in [2.05, 4.69) is 20.3 Å². The number of alkyl halides is 3. The third-order valence-electron chi connectivity index (χ3n) is 2.17. The lowest BCUT2D eigenvalue weighted by Crippen LogP contribution is -2.08. The van der Waals surface area contributed by atoms with Crippen molar-refractivity contribution >= 4 is 17.4 Å². The van der Waals surface area contributed by atoms with E-state index in [1.54, 1.807) is 6.20 Å². The van der Waals surface area contributed by atoms with Gasteiger partial charge >= 0.3 is 6.18 Å². The predicted octanol–water partition coefficient (Wildman–Crippen LogP) is 3.09. The highest BCUT2D eigenvalue weighted by Gasteiger charge is 2.31. The van der Waals surface area contributed by atoms with Crippen LogP contribution in [0.2, 0.25) is 5.02 Å². The second-order valence-electron chi connectivity index (χ2n) is 3.48. The summed E-state index contributed by atoms with van der Waals surface area (Å²) >= 11 is 5.72. The van der Waals surface area contributed by atoms with E-state index in [1.807, 2.05) is 0 Å². The number of aromatic nitrogens is 3. The molecule has 2 N–H and O–H groups in total. The zero-order chi connectivity index (χ0) is 13.2. The quantitative estimate of drug-likeness (QED) is 0.906. The average Bonchev–Trinajstić information content (AvgIpc) is 2.79. The smallest absolute Gasteiger partial charge is 0.363 e. The maximum absolute atomic E-state index is 12.4. The number of aromatic amines is 1. The van der Waals surface area contributed by atoms with Gasteiger partial charge in [-0.15, -0.1) is 0 Å². The van der Waals surface area contributed by atoms with Crippen LogP contribution in [0, 0.1) is 0 Å². The molecule has 0 radical (unpaired) electrons. The number of imidazole rings is 1. The summed E-state index contributed by atoms with van der Waals surface area (Å²) in [5.74, 6) is 0.194. The molecule has 0 aliphatic heterocycles. The maximum atomic E-state index is 12.4. The Hall–Kier alpha value is -1.76. The van der Waals surface area contributed by atoms with E-state index in [1.165, 1.54) is 6.33 Å². The van der Waals surface area contributed by atoms with Gasteiger partial charge in [-0.1, -0.05) is 11.6 Å². The molecule has 0 saturated carbocycles. The van der Waals surface area contributed by atoms with E-state index >= 15 is 0 Å². The van der Waals surface area contributed by atoms with Gasteiger partial charge in [0.2, 0.25) is 0 Å². The summed E-state index contributed by atoms with van der Waals surface area (Å²) in [7, 11) is 0. The summed E-state index contributed by atoms with van der Waals surface area (Å²) in [4.78, 5) is 10.3. The van der Waals surface area contributed by atoms with E-state index < -0.39 is 11.7 Å². The van der Waals surface area contributed by atoms with Gasteiger partial charge in [0.25, 0.3) is 0 Å². The van der Waals surface area contributed by atoms with Gasteiger partial charge in [0.1, 0.15) is 5.82 Å². The number of nitrogens with zero attached hydrogens (tertiary/aromatic N) is 2. The SMILES string of the molecule is FC(F)(F)c1cnc(NCc2cnc[nH]2)c(Cl)c1.